The van der Waals surface area contributed by atoms with Gasteiger partial charge in [0, 0.05) is 11.3 Å². The van der Waals surface area contributed by atoms with Gasteiger partial charge in [-0.2, -0.15) is 0 Å². The Morgan fingerprint density at radius 2 is 1.90 bits per heavy atom. The summed E-state index contributed by atoms with van der Waals surface area (Å²) in [5, 5.41) is 0.886. The summed E-state index contributed by atoms with van der Waals surface area (Å²) in [4.78, 5) is 12.3. The number of sulfone groups is 1. The van der Waals surface area contributed by atoms with E-state index in [-0.39, 0.29) is 23.0 Å². The molecule has 3 rings (SSSR count). The molecule has 0 spiro atoms. The maximum atomic E-state index is 12.3. The van der Waals surface area contributed by atoms with Crippen molar-refractivity contribution in [3.63, 3.8) is 0 Å². The summed E-state index contributed by atoms with van der Waals surface area (Å²) in [6.45, 7) is 4.00. The number of Topliss-reactive ketones (excluding diaryl/α,β-unsaturated/α-hetero) is 1. The lowest BCUT2D eigenvalue weighted by Crippen LogP contribution is -2.15. The van der Waals surface area contributed by atoms with Crippen molar-refractivity contribution in [2.75, 3.05) is 11.5 Å². The molecule has 1 aliphatic rings. The molecule has 2 aromatic rings. The Balaban J connectivity index is 1.96. The van der Waals surface area contributed by atoms with Crippen LogP contribution in [0.4, 0.5) is 0 Å². The highest BCUT2D eigenvalue weighted by Crippen LogP contribution is 2.28. The third kappa shape index (κ3) is 2.26. The van der Waals surface area contributed by atoms with E-state index in [0.29, 0.717) is 12.0 Å². The van der Waals surface area contributed by atoms with Crippen LogP contribution in [0.15, 0.2) is 22.6 Å². The van der Waals surface area contributed by atoms with Gasteiger partial charge in [-0.05, 0) is 49.6 Å². The van der Waals surface area contributed by atoms with E-state index in [0.717, 1.165) is 16.5 Å². The maximum absolute atomic E-state index is 12.3. The lowest BCUT2D eigenvalue weighted by atomic mass is 10.0. The number of aryl methyl sites for hydroxylation is 2. The molecule has 0 bridgehead atoms. The quantitative estimate of drug-likeness (QED) is 0.798. The van der Waals surface area contributed by atoms with Gasteiger partial charge in [0.2, 0.25) is 5.78 Å². The number of furan rings is 1. The molecule has 20 heavy (non-hydrogen) atoms. The number of ketones is 1. The van der Waals surface area contributed by atoms with E-state index in [2.05, 4.69) is 0 Å². The summed E-state index contributed by atoms with van der Waals surface area (Å²) >= 11 is 0. The van der Waals surface area contributed by atoms with E-state index >= 15 is 0 Å². The molecule has 1 aliphatic heterocycles. The minimum absolute atomic E-state index is 0.0546. The SMILES string of the molecule is Cc1cc2cc(C(=O)C3CCS(=O)(=O)C3)oc2cc1C. The van der Waals surface area contributed by atoms with Crippen molar-refractivity contribution in [2.45, 2.75) is 20.3 Å². The first-order chi connectivity index (χ1) is 9.35. The largest absolute Gasteiger partial charge is 0.453 e. The highest BCUT2D eigenvalue weighted by molar-refractivity contribution is 7.91. The number of benzene rings is 1. The second kappa shape index (κ2) is 4.45. The molecule has 0 amide bonds. The number of hydrogen-bond donors (Lipinski definition) is 0. The van der Waals surface area contributed by atoms with Gasteiger partial charge >= 0.3 is 0 Å². The summed E-state index contributed by atoms with van der Waals surface area (Å²) in [7, 11) is -3.05. The van der Waals surface area contributed by atoms with Gasteiger partial charge < -0.3 is 4.42 Å². The van der Waals surface area contributed by atoms with Crippen molar-refractivity contribution >= 4 is 26.6 Å². The molecule has 1 atom stereocenters. The molecule has 0 aliphatic carbocycles. The van der Waals surface area contributed by atoms with Crippen molar-refractivity contribution in [2.24, 2.45) is 5.92 Å². The van der Waals surface area contributed by atoms with Gasteiger partial charge in [-0.25, -0.2) is 8.42 Å². The molecule has 4 nitrogen and oxygen atoms in total. The molecule has 5 heteroatoms. The summed E-state index contributed by atoms with van der Waals surface area (Å²) in [5.41, 5.74) is 2.92. The predicted molar refractivity (Wildman–Crippen MR) is 76.8 cm³/mol. The molecule has 1 aromatic carbocycles. The molecule has 1 fully saturated rings. The molecular weight excluding hydrogens is 276 g/mol. The third-order valence-electron chi connectivity index (χ3n) is 3.98. The lowest BCUT2D eigenvalue weighted by Gasteiger charge is -2.02. The van der Waals surface area contributed by atoms with E-state index in [1.807, 2.05) is 26.0 Å². The van der Waals surface area contributed by atoms with E-state index in [1.54, 1.807) is 6.07 Å². The van der Waals surface area contributed by atoms with Gasteiger partial charge in [-0.1, -0.05) is 0 Å². The molecule has 0 saturated carbocycles. The Morgan fingerprint density at radius 3 is 2.55 bits per heavy atom. The zero-order valence-corrected chi connectivity index (χ0v) is 12.3. The minimum atomic E-state index is -3.05. The molecule has 106 valence electrons. The fourth-order valence-electron chi connectivity index (χ4n) is 2.63. The van der Waals surface area contributed by atoms with Crippen LogP contribution in [0.5, 0.6) is 0 Å². The van der Waals surface area contributed by atoms with Crippen molar-refractivity contribution < 1.29 is 17.6 Å². The van der Waals surface area contributed by atoms with Crippen LogP contribution in [0.3, 0.4) is 0 Å². The molecule has 1 unspecified atom stereocenters. The maximum Gasteiger partial charge on any atom is 0.202 e. The Morgan fingerprint density at radius 1 is 1.20 bits per heavy atom. The van der Waals surface area contributed by atoms with Crippen LogP contribution in [0, 0.1) is 19.8 Å². The fraction of sp³-hybridized carbons (Fsp3) is 0.400. The highest BCUT2D eigenvalue weighted by Gasteiger charge is 2.34. The van der Waals surface area contributed by atoms with Gasteiger partial charge in [0.05, 0.1) is 11.5 Å². The second-order valence-corrected chi connectivity index (χ2v) is 7.78. The molecular formula is C15H16O4S. The van der Waals surface area contributed by atoms with Crippen LogP contribution in [0.25, 0.3) is 11.0 Å². The molecule has 1 saturated heterocycles. The summed E-state index contributed by atoms with van der Waals surface area (Å²) < 4.78 is 28.5. The molecule has 1 aromatic heterocycles. The Kier molecular flexibility index (Phi) is 2.97. The van der Waals surface area contributed by atoms with Crippen molar-refractivity contribution in [3.05, 3.63) is 35.1 Å². The van der Waals surface area contributed by atoms with Crippen molar-refractivity contribution in [1.29, 1.82) is 0 Å². The lowest BCUT2D eigenvalue weighted by molar-refractivity contribution is 0.0907. The number of hydrogen-bond acceptors (Lipinski definition) is 4. The average molecular weight is 292 g/mol. The van der Waals surface area contributed by atoms with Crippen molar-refractivity contribution in [1.82, 2.24) is 0 Å². The van der Waals surface area contributed by atoms with Crippen LogP contribution in [0.2, 0.25) is 0 Å². The first-order valence-corrected chi connectivity index (χ1v) is 8.43. The van der Waals surface area contributed by atoms with Gasteiger partial charge in [0.15, 0.2) is 15.6 Å². The third-order valence-corrected chi connectivity index (χ3v) is 5.75. The molecule has 2 heterocycles. The van der Waals surface area contributed by atoms with Gasteiger partial charge in [-0.15, -0.1) is 0 Å². The van der Waals surface area contributed by atoms with Crippen LogP contribution in [-0.2, 0) is 9.84 Å². The van der Waals surface area contributed by atoms with E-state index in [9.17, 15) is 13.2 Å². The topological polar surface area (TPSA) is 64.3 Å². The summed E-state index contributed by atoms with van der Waals surface area (Å²) in [5.74, 6) is -0.338. The zero-order valence-electron chi connectivity index (χ0n) is 11.5. The Hall–Kier alpha value is -1.62. The van der Waals surface area contributed by atoms with Gasteiger partial charge in [0.1, 0.15) is 5.58 Å². The van der Waals surface area contributed by atoms with Gasteiger partial charge in [0.25, 0.3) is 0 Å². The van der Waals surface area contributed by atoms with Crippen LogP contribution in [-0.4, -0.2) is 25.7 Å². The van der Waals surface area contributed by atoms with E-state index in [1.165, 1.54) is 0 Å². The number of carbonyl (C=O) groups excluding carboxylic acids is 1. The van der Waals surface area contributed by atoms with E-state index in [4.69, 9.17) is 4.42 Å². The molecule has 0 radical (unpaired) electrons. The zero-order chi connectivity index (χ0) is 14.5. The predicted octanol–water partition coefficient (Wildman–Crippen LogP) is 2.67. The number of rotatable bonds is 2. The normalized spacial score (nSPS) is 21.4. The Labute approximate surface area is 117 Å². The fourth-order valence-corrected chi connectivity index (χ4v) is 4.37. The highest BCUT2D eigenvalue weighted by atomic mass is 32.2. The van der Waals surface area contributed by atoms with Crippen LogP contribution >= 0.6 is 0 Å². The number of fused-ring (bicyclic) bond motifs is 1. The number of carbonyl (C=O) groups is 1. The van der Waals surface area contributed by atoms with E-state index < -0.39 is 15.8 Å². The second-order valence-electron chi connectivity index (χ2n) is 5.55. The van der Waals surface area contributed by atoms with Crippen LogP contribution < -0.4 is 0 Å². The first-order valence-electron chi connectivity index (χ1n) is 6.61. The van der Waals surface area contributed by atoms with Crippen molar-refractivity contribution in [3.8, 4) is 0 Å². The summed E-state index contributed by atoms with van der Waals surface area (Å²) in [6.07, 6.45) is 0.399. The standard InChI is InChI=1S/C15H16O4S/c1-9-5-12-7-14(19-13(12)6-10(9)2)15(16)11-3-4-20(17,18)8-11/h5-7,11H,3-4,8H2,1-2H3. The molecule has 0 N–H and O–H groups in total. The van der Waals surface area contributed by atoms with Gasteiger partial charge in [-0.3, -0.25) is 4.79 Å². The average Bonchev–Trinajstić information content (AvgIpc) is 2.92. The monoisotopic (exact) mass is 292 g/mol. The first kappa shape index (κ1) is 13.4. The minimum Gasteiger partial charge on any atom is -0.453 e. The van der Waals surface area contributed by atoms with Crippen LogP contribution in [0.1, 0.15) is 28.1 Å². The Bertz CT molecular complexity index is 760. The summed E-state index contributed by atoms with van der Waals surface area (Å²) in [6, 6.07) is 5.61. The smallest absolute Gasteiger partial charge is 0.202 e.